The van der Waals surface area contributed by atoms with Crippen molar-refractivity contribution < 1.29 is 9.90 Å². The van der Waals surface area contributed by atoms with Gasteiger partial charge in [0.2, 0.25) is 0 Å². The Labute approximate surface area is 80.5 Å². The third kappa shape index (κ3) is 1.98. The van der Waals surface area contributed by atoms with Crippen molar-refractivity contribution in [1.82, 2.24) is 0 Å². The lowest BCUT2D eigenvalue weighted by Gasteiger charge is -1.96. The van der Waals surface area contributed by atoms with Crippen LogP contribution < -0.4 is 0 Å². The van der Waals surface area contributed by atoms with Crippen LogP contribution in [0.15, 0.2) is 23.6 Å². The molecular formula is C10H10O2S. The van der Waals surface area contributed by atoms with Crippen molar-refractivity contribution in [3.05, 3.63) is 28.5 Å². The number of carbonyl (C=O) groups is 1. The molecule has 1 aromatic rings. The summed E-state index contributed by atoms with van der Waals surface area (Å²) in [6.07, 6.45) is 4.17. The van der Waals surface area contributed by atoms with Gasteiger partial charge in [-0.05, 0) is 30.2 Å². The minimum absolute atomic E-state index is 0.470. The second-order valence-corrected chi connectivity index (χ2v) is 4.15. The summed E-state index contributed by atoms with van der Waals surface area (Å²) in [5.41, 5.74) is 0.470. The van der Waals surface area contributed by atoms with Crippen molar-refractivity contribution in [2.24, 2.45) is 5.92 Å². The van der Waals surface area contributed by atoms with E-state index in [-0.39, 0.29) is 0 Å². The van der Waals surface area contributed by atoms with E-state index in [2.05, 4.69) is 0 Å². The molecule has 0 bridgehead atoms. The molecule has 1 aromatic heterocycles. The summed E-state index contributed by atoms with van der Waals surface area (Å²) < 4.78 is 0. The molecule has 1 saturated carbocycles. The van der Waals surface area contributed by atoms with Gasteiger partial charge in [0.25, 0.3) is 0 Å². The molecule has 68 valence electrons. The van der Waals surface area contributed by atoms with Crippen LogP contribution in [0, 0.1) is 5.92 Å². The van der Waals surface area contributed by atoms with Gasteiger partial charge in [0.15, 0.2) is 0 Å². The number of aliphatic carboxylic acids is 1. The largest absolute Gasteiger partial charge is 0.478 e. The summed E-state index contributed by atoms with van der Waals surface area (Å²) in [5.74, 6) is -0.303. The van der Waals surface area contributed by atoms with E-state index >= 15 is 0 Å². The fraction of sp³-hybridized carbons (Fsp3) is 0.300. The van der Waals surface area contributed by atoms with Crippen LogP contribution in [0.2, 0.25) is 0 Å². The van der Waals surface area contributed by atoms with Gasteiger partial charge >= 0.3 is 5.97 Å². The molecule has 0 saturated heterocycles. The van der Waals surface area contributed by atoms with Crippen LogP contribution in [-0.4, -0.2) is 11.1 Å². The lowest BCUT2D eigenvalue weighted by Crippen LogP contribution is -1.98. The smallest absolute Gasteiger partial charge is 0.336 e. The number of hydrogen-bond donors (Lipinski definition) is 1. The van der Waals surface area contributed by atoms with E-state index in [1.807, 2.05) is 23.6 Å². The summed E-state index contributed by atoms with van der Waals surface area (Å²) in [5, 5.41) is 10.9. The minimum Gasteiger partial charge on any atom is -0.478 e. The van der Waals surface area contributed by atoms with Crippen molar-refractivity contribution >= 4 is 22.9 Å². The summed E-state index contributed by atoms with van der Waals surface area (Å²) >= 11 is 1.48. The van der Waals surface area contributed by atoms with Crippen molar-refractivity contribution in [1.29, 1.82) is 0 Å². The first-order valence-electron chi connectivity index (χ1n) is 4.26. The van der Waals surface area contributed by atoms with E-state index in [4.69, 9.17) is 5.11 Å². The molecule has 3 heteroatoms. The molecule has 1 aliphatic rings. The van der Waals surface area contributed by atoms with Gasteiger partial charge in [0, 0.05) is 4.88 Å². The third-order valence-corrected chi connectivity index (χ3v) is 2.94. The molecule has 0 aliphatic heterocycles. The maximum Gasteiger partial charge on any atom is 0.336 e. The summed E-state index contributed by atoms with van der Waals surface area (Å²) in [4.78, 5) is 11.8. The Balaban J connectivity index is 2.28. The Morgan fingerprint density at radius 2 is 2.38 bits per heavy atom. The standard InChI is InChI=1S/C10H10O2S/c11-10(12)8(6-7-3-4-7)9-2-1-5-13-9/h1-2,5-7H,3-4H2,(H,11,12). The summed E-state index contributed by atoms with van der Waals surface area (Å²) in [7, 11) is 0. The van der Waals surface area contributed by atoms with Gasteiger partial charge in [-0.2, -0.15) is 0 Å². The topological polar surface area (TPSA) is 37.3 Å². The first-order chi connectivity index (χ1) is 6.27. The highest BCUT2D eigenvalue weighted by Crippen LogP contribution is 2.34. The van der Waals surface area contributed by atoms with Crippen LogP contribution in [-0.2, 0) is 4.79 Å². The summed E-state index contributed by atoms with van der Waals surface area (Å²) in [6, 6.07) is 3.73. The molecule has 0 amide bonds. The zero-order valence-electron chi connectivity index (χ0n) is 7.06. The Morgan fingerprint density at radius 1 is 1.62 bits per heavy atom. The zero-order chi connectivity index (χ0) is 9.26. The molecule has 1 fully saturated rings. The second-order valence-electron chi connectivity index (χ2n) is 3.20. The third-order valence-electron chi connectivity index (χ3n) is 2.04. The minimum atomic E-state index is -0.811. The maximum atomic E-state index is 10.9. The van der Waals surface area contributed by atoms with Gasteiger partial charge < -0.3 is 5.11 Å². The van der Waals surface area contributed by atoms with Crippen molar-refractivity contribution in [2.45, 2.75) is 12.8 Å². The van der Waals surface area contributed by atoms with Crippen LogP contribution in [0.5, 0.6) is 0 Å². The SMILES string of the molecule is O=C(O)C(=CC1CC1)c1cccs1. The molecule has 0 radical (unpaired) electrons. The van der Waals surface area contributed by atoms with Crippen molar-refractivity contribution in [2.75, 3.05) is 0 Å². The van der Waals surface area contributed by atoms with Crippen LogP contribution in [0.25, 0.3) is 5.57 Å². The second kappa shape index (κ2) is 3.34. The average Bonchev–Trinajstić information content (AvgIpc) is 2.75. The molecule has 1 aliphatic carbocycles. The molecule has 2 rings (SSSR count). The highest BCUT2D eigenvalue weighted by atomic mass is 32.1. The quantitative estimate of drug-likeness (QED) is 0.751. The Bertz CT molecular complexity index is 334. The number of allylic oxidation sites excluding steroid dienone is 1. The van der Waals surface area contributed by atoms with Crippen LogP contribution >= 0.6 is 11.3 Å². The predicted molar refractivity (Wildman–Crippen MR) is 52.7 cm³/mol. The molecular weight excluding hydrogens is 184 g/mol. The van der Waals surface area contributed by atoms with E-state index in [0.717, 1.165) is 17.7 Å². The van der Waals surface area contributed by atoms with Crippen LogP contribution in [0.4, 0.5) is 0 Å². The lowest BCUT2D eigenvalue weighted by atomic mass is 10.2. The van der Waals surface area contributed by atoms with Gasteiger partial charge in [0.05, 0.1) is 5.57 Å². The van der Waals surface area contributed by atoms with Crippen molar-refractivity contribution in [3.8, 4) is 0 Å². The van der Waals surface area contributed by atoms with E-state index in [0.29, 0.717) is 11.5 Å². The fourth-order valence-corrected chi connectivity index (χ4v) is 1.93. The molecule has 13 heavy (non-hydrogen) atoms. The monoisotopic (exact) mass is 194 g/mol. The number of hydrogen-bond acceptors (Lipinski definition) is 2. The van der Waals surface area contributed by atoms with E-state index in [1.165, 1.54) is 11.3 Å². The predicted octanol–water partition coefficient (Wildman–Crippen LogP) is 2.63. The lowest BCUT2D eigenvalue weighted by molar-refractivity contribution is -0.130. The number of carboxylic acids is 1. The van der Waals surface area contributed by atoms with Crippen LogP contribution in [0.1, 0.15) is 17.7 Å². The molecule has 0 spiro atoms. The highest BCUT2D eigenvalue weighted by Gasteiger charge is 2.22. The number of thiophene rings is 1. The van der Waals surface area contributed by atoms with Gasteiger partial charge in [-0.25, -0.2) is 4.79 Å². The number of rotatable bonds is 3. The molecule has 0 atom stereocenters. The van der Waals surface area contributed by atoms with E-state index in [9.17, 15) is 4.79 Å². The van der Waals surface area contributed by atoms with Crippen LogP contribution in [0.3, 0.4) is 0 Å². The Kier molecular flexibility index (Phi) is 2.19. The first kappa shape index (κ1) is 8.51. The molecule has 2 nitrogen and oxygen atoms in total. The van der Waals surface area contributed by atoms with E-state index in [1.54, 1.807) is 0 Å². The summed E-state index contributed by atoms with van der Waals surface area (Å²) in [6.45, 7) is 0. The van der Waals surface area contributed by atoms with E-state index < -0.39 is 5.97 Å². The number of carboxylic acid groups (broad SMARTS) is 1. The molecule has 0 unspecified atom stereocenters. The molecule has 0 aromatic carbocycles. The fourth-order valence-electron chi connectivity index (χ4n) is 1.19. The first-order valence-corrected chi connectivity index (χ1v) is 5.14. The average molecular weight is 194 g/mol. The molecule has 1 N–H and O–H groups in total. The van der Waals surface area contributed by atoms with Gasteiger partial charge in [-0.3, -0.25) is 0 Å². The molecule has 1 heterocycles. The Morgan fingerprint density at radius 3 is 2.85 bits per heavy atom. The highest BCUT2D eigenvalue weighted by molar-refractivity contribution is 7.11. The van der Waals surface area contributed by atoms with Gasteiger partial charge in [0.1, 0.15) is 0 Å². The normalized spacial score (nSPS) is 17.4. The van der Waals surface area contributed by atoms with Gasteiger partial charge in [-0.15, -0.1) is 11.3 Å². The van der Waals surface area contributed by atoms with Gasteiger partial charge in [-0.1, -0.05) is 12.1 Å². The van der Waals surface area contributed by atoms with Crippen molar-refractivity contribution in [3.63, 3.8) is 0 Å². The Hall–Kier alpha value is -1.09. The zero-order valence-corrected chi connectivity index (χ0v) is 7.88. The maximum absolute atomic E-state index is 10.9.